The van der Waals surface area contributed by atoms with Crippen molar-refractivity contribution in [2.24, 2.45) is 0 Å². The number of nitrogens with one attached hydrogen (secondary N) is 2. The first-order chi connectivity index (χ1) is 22.0. The molecule has 1 aromatic carbocycles. The molecule has 1 saturated heterocycles. The molecule has 0 radical (unpaired) electrons. The standard InChI is InChI=1S/C31H42N2O13/c1-18(35)43-26-25(38)27(30(40)41-3)46-31(28(26)44-19(2)36)45-23-12-11-20(16-34)15-22(23)29(39)33-14-13-32-24(37)17-42-21-9-7-5-4-6-8-10-21/h7,9,11-12,15,21,25-28,31,34,38H,4-6,8,10,13-14,16-17H2,1-3H3,(H,32,37)(H,33,39)/b9-7-/t21?,25-,26-,27-,28+,31+/m0/s1. The van der Waals surface area contributed by atoms with E-state index in [1.807, 2.05) is 6.08 Å². The molecule has 1 aliphatic heterocycles. The van der Waals surface area contributed by atoms with Gasteiger partial charge in [-0.05, 0) is 37.0 Å². The minimum absolute atomic E-state index is 0.0256. The minimum Gasteiger partial charge on any atom is -0.467 e. The molecule has 1 aromatic rings. The molecule has 15 nitrogen and oxygen atoms in total. The Morgan fingerprint density at radius 1 is 0.978 bits per heavy atom. The normalized spacial score (nSPS) is 25.2. The number of hydrogen-bond donors (Lipinski definition) is 4. The molecule has 2 amide bonds. The van der Waals surface area contributed by atoms with E-state index < -0.39 is 61.1 Å². The van der Waals surface area contributed by atoms with E-state index in [0.29, 0.717) is 5.56 Å². The molecule has 0 aromatic heterocycles. The van der Waals surface area contributed by atoms with Crippen LogP contribution < -0.4 is 15.4 Å². The van der Waals surface area contributed by atoms with Crippen LogP contribution in [-0.4, -0.2) is 104 Å². The zero-order valence-corrected chi connectivity index (χ0v) is 26.1. The number of ether oxygens (including phenoxy) is 6. The van der Waals surface area contributed by atoms with E-state index in [-0.39, 0.29) is 43.0 Å². The van der Waals surface area contributed by atoms with Gasteiger partial charge >= 0.3 is 17.9 Å². The van der Waals surface area contributed by atoms with Crippen molar-refractivity contribution < 1.29 is 62.6 Å². The Hall–Kier alpha value is -4.05. The summed E-state index contributed by atoms with van der Waals surface area (Å²) in [6.45, 7) is 1.70. The molecular weight excluding hydrogens is 608 g/mol. The number of esters is 3. The zero-order valence-electron chi connectivity index (χ0n) is 26.1. The van der Waals surface area contributed by atoms with E-state index in [1.165, 1.54) is 18.2 Å². The van der Waals surface area contributed by atoms with Crippen LogP contribution >= 0.6 is 0 Å². The van der Waals surface area contributed by atoms with E-state index in [1.54, 1.807) is 0 Å². The van der Waals surface area contributed by atoms with Gasteiger partial charge in [0.25, 0.3) is 5.91 Å². The first-order valence-electron chi connectivity index (χ1n) is 15.0. The summed E-state index contributed by atoms with van der Waals surface area (Å²) in [5.41, 5.74) is 0.278. The molecule has 46 heavy (non-hydrogen) atoms. The number of amides is 2. The summed E-state index contributed by atoms with van der Waals surface area (Å²) >= 11 is 0. The molecular formula is C31H42N2O13. The van der Waals surface area contributed by atoms with Crippen LogP contribution in [0.3, 0.4) is 0 Å². The summed E-state index contributed by atoms with van der Waals surface area (Å²) in [7, 11) is 1.05. The number of allylic oxidation sites excluding steroid dienone is 1. The third-order valence-electron chi connectivity index (χ3n) is 7.14. The first kappa shape index (κ1) is 36.4. The lowest BCUT2D eigenvalue weighted by atomic mass is 9.98. The Morgan fingerprint density at radius 2 is 1.70 bits per heavy atom. The Labute approximate surface area is 266 Å². The SMILES string of the molecule is COC(=O)[C@H]1O[C@@H](Oc2ccc(CO)cc2C(=O)NCCNC(=O)COC2/C=C\CCCCC2)[C@H](OC(C)=O)[C@@H](OC(C)=O)[C@@H]1O. The van der Waals surface area contributed by atoms with Crippen molar-refractivity contribution in [3.63, 3.8) is 0 Å². The average molecular weight is 651 g/mol. The Morgan fingerprint density at radius 3 is 2.39 bits per heavy atom. The molecule has 0 saturated carbocycles. The number of aliphatic hydroxyl groups excluding tert-OH is 2. The predicted molar refractivity (Wildman–Crippen MR) is 158 cm³/mol. The molecule has 15 heteroatoms. The number of aliphatic hydroxyl groups is 2. The van der Waals surface area contributed by atoms with E-state index in [2.05, 4.69) is 21.4 Å². The van der Waals surface area contributed by atoms with Gasteiger partial charge in [-0.3, -0.25) is 19.2 Å². The van der Waals surface area contributed by atoms with Gasteiger partial charge in [0.05, 0.1) is 25.4 Å². The van der Waals surface area contributed by atoms with E-state index >= 15 is 0 Å². The summed E-state index contributed by atoms with van der Waals surface area (Å²) in [4.78, 5) is 61.7. The fourth-order valence-corrected chi connectivity index (χ4v) is 4.93. The molecule has 0 bridgehead atoms. The van der Waals surface area contributed by atoms with Crippen LogP contribution in [0.5, 0.6) is 5.75 Å². The summed E-state index contributed by atoms with van der Waals surface area (Å²) in [6.07, 6.45) is 0.717. The zero-order chi connectivity index (χ0) is 33.6. The van der Waals surface area contributed by atoms with Crippen LogP contribution in [0, 0.1) is 0 Å². The van der Waals surface area contributed by atoms with E-state index in [4.69, 9.17) is 23.7 Å². The maximum atomic E-state index is 13.2. The molecule has 1 aliphatic carbocycles. The number of rotatable bonds is 13. The van der Waals surface area contributed by atoms with Gasteiger partial charge in [0.2, 0.25) is 18.3 Å². The molecule has 2 aliphatic rings. The van der Waals surface area contributed by atoms with Gasteiger partial charge in [-0.1, -0.05) is 31.1 Å². The predicted octanol–water partition coefficient (Wildman–Crippen LogP) is 0.431. The van der Waals surface area contributed by atoms with Crippen molar-refractivity contribution in [3.05, 3.63) is 41.5 Å². The van der Waals surface area contributed by atoms with Crippen LogP contribution in [0.4, 0.5) is 0 Å². The smallest absolute Gasteiger partial charge is 0.338 e. The number of benzene rings is 1. The van der Waals surface area contributed by atoms with Crippen molar-refractivity contribution in [3.8, 4) is 5.75 Å². The highest BCUT2D eigenvalue weighted by atomic mass is 16.7. The number of carbonyl (C=O) groups is 5. The quantitative estimate of drug-likeness (QED) is 0.0991. The molecule has 254 valence electrons. The highest BCUT2D eigenvalue weighted by Gasteiger charge is 2.53. The molecule has 0 spiro atoms. The molecule has 4 N–H and O–H groups in total. The molecule has 3 rings (SSSR count). The van der Waals surface area contributed by atoms with Crippen LogP contribution in [0.1, 0.15) is 61.9 Å². The van der Waals surface area contributed by atoms with Crippen LogP contribution in [0.2, 0.25) is 0 Å². The summed E-state index contributed by atoms with van der Waals surface area (Å²) in [6, 6.07) is 4.15. The molecule has 1 heterocycles. The average Bonchev–Trinajstić information content (AvgIpc) is 3.01. The highest BCUT2D eigenvalue weighted by Crippen LogP contribution is 2.31. The maximum absolute atomic E-state index is 13.2. The number of carbonyl (C=O) groups excluding carboxylic acids is 5. The Bertz CT molecular complexity index is 1250. The van der Waals surface area contributed by atoms with Gasteiger partial charge in [0.1, 0.15) is 18.5 Å². The first-order valence-corrected chi connectivity index (χ1v) is 15.0. The van der Waals surface area contributed by atoms with Crippen LogP contribution in [-0.2, 0) is 49.5 Å². The van der Waals surface area contributed by atoms with Gasteiger partial charge in [0, 0.05) is 26.9 Å². The minimum atomic E-state index is -1.80. The summed E-state index contributed by atoms with van der Waals surface area (Å²) in [5.74, 6) is -3.84. The van der Waals surface area contributed by atoms with Gasteiger partial charge in [-0.15, -0.1) is 0 Å². The number of hydrogen-bond acceptors (Lipinski definition) is 13. The lowest BCUT2D eigenvalue weighted by Gasteiger charge is -2.42. The lowest BCUT2D eigenvalue weighted by molar-refractivity contribution is -0.279. The van der Waals surface area contributed by atoms with Crippen molar-refractivity contribution in [1.29, 1.82) is 0 Å². The van der Waals surface area contributed by atoms with Crippen molar-refractivity contribution in [2.45, 2.75) is 89.4 Å². The Kier molecular flexibility index (Phi) is 14.4. The third-order valence-corrected chi connectivity index (χ3v) is 7.14. The monoisotopic (exact) mass is 650 g/mol. The highest BCUT2D eigenvalue weighted by molar-refractivity contribution is 5.97. The van der Waals surface area contributed by atoms with Gasteiger partial charge < -0.3 is 49.3 Å². The van der Waals surface area contributed by atoms with Crippen molar-refractivity contribution in [2.75, 3.05) is 26.8 Å². The fraction of sp³-hybridized carbons (Fsp3) is 0.581. The van der Waals surface area contributed by atoms with E-state index in [9.17, 15) is 34.2 Å². The number of methoxy groups -OCH3 is 1. The second-order valence-corrected chi connectivity index (χ2v) is 10.7. The fourth-order valence-electron chi connectivity index (χ4n) is 4.93. The van der Waals surface area contributed by atoms with Crippen molar-refractivity contribution in [1.82, 2.24) is 10.6 Å². The third kappa shape index (κ3) is 10.8. The molecule has 1 fully saturated rings. The largest absolute Gasteiger partial charge is 0.467 e. The second kappa shape index (κ2) is 18.2. The topological polar surface area (TPSA) is 205 Å². The summed E-state index contributed by atoms with van der Waals surface area (Å²) in [5, 5.41) is 25.8. The lowest BCUT2D eigenvalue weighted by Crippen LogP contribution is -2.63. The van der Waals surface area contributed by atoms with E-state index in [0.717, 1.165) is 53.1 Å². The molecule has 6 atom stereocenters. The van der Waals surface area contributed by atoms with Crippen LogP contribution in [0.25, 0.3) is 0 Å². The van der Waals surface area contributed by atoms with Gasteiger partial charge in [-0.2, -0.15) is 0 Å². The maximum Gasteiger partial charge on any atom is 0.338 e. The molecule has 1 unspecified atom stereocenters. The second-order valence-electron chi connectivity index (χ2n) is 10.7. The Balaban J connectivity index is 1.70. The summed E-state index contributed by atoms with van der Waals surface area (Å²) < 4.78 is 32.4. The van der Waals surface area contributed by atoms with Crippen LogP contribution in [0.15, 0.2) is 30.4 Å². The van der Waals surface area contributed by atoms with Gasteiger partial charge in [0.15, 0.2) is 12.2 Å². The van der Waals surface area contributed by atoms with Crippen molar-refractivity contribution >= 4 is 29.7 Å². The van der Waals surface area contributed by atoms with Gasteiger partial charge in [-0.25, -0.2) is 4.79 Å².